The Balaban J connectivity index is 2.69. The van der Waals surface area contributed by atoms with E-state index in [9.17, 15) is 18.0 Å². The average Bonchev–Trinajstić information content (AvgIpc) is 2.42. The number of carboxylic acid groups (broad SMARTS) is 1. The molecule has 1 rings (SSSR count). The summed E-state index contributed by atoms with van der Waals surface area (Å²) in [6, 6.07) is -0.845. The third kappa shape index (κ3) is 4.22. The van der Waals surface area contributed by atoms with E-state index in [4.69, 9.17) is 5.11 Å². The molecule has 0 spiro atoms. The number of hydrogen-bond acceptors (Lipinski definition) is 4. The Morgan fingerprint density at radius 3 is 2.59 bits per heavy atom. The maximum Gasteiger partial charge on any atom is 0.391 e. The van der Waals surface area contributed by atoms with Gasteiger partial charge in [-0.2, -0.15) is 13.2 Å². The number of nitrogens with zero attached hydrogens (tertiary/aromatic N) is 1. The molecule has 96 valence electrons. The molecule has 1 aromatic rings. The summed E-state index contributed by atoms with van der Waals surface area (Å²) >= 11 is 0.833. The van der Waals surface area contributed by atoms with Crippen LogP contribution in [0.5, 0.6) is 0 Å². The summed E-state index contributed by atoms with van der Waals surface area (Å²) in [5, 5.41) is 11.5. The second-order valence-electron chi connectivity index (χ2n) is 3.60. The lowest BCUT2D eigenvalue weighted by atomic mass is 10.2. The van der Waals surface area contributed by atoms with Gasteiger partial charge in [-0.1, -0.05) is 11.3 Å². The number of rotatable bonds is 4. The molecule has 17 heavy (non-hydrogen) atoms. The van der Waals surface area contributed by atoms with E-state index in [1.165, 1.54) is 13.8 Å². The van der Waals surface area contributed by atoms with Crippen LogP contribution in [0.4, 0.5) is 18.3 Å². The monoisotopic (exact) mass is 268 g/mol. The lowest BCUT2D eigenvalue weighted by Crippen LogP contribution is -2.23. The van der Waals surface area contributed by atoms with Crippen molar-refractivity contribution in [3.05, 3.63) is 10.6 Å². The molecular formula is C9H11F3N2O2S. The minimum absolute atomic E-state index is 0.0340. The first-order chi connectivity index (χ1) is 7.69. The minimum Gasteiger partial charge on any atom is -0.477 e. The molecule has 4 nitrogen and oxygen atoms in total. The molecule has 1 aromatic heterocycles. The number of anilines is 1. The molecule has 0 fully saturated rings. The number of alkyl halides is 3. The molecule has 1 unspecified atom stereocenters. The summed E-state index contributed by atoms with van der Waals surface area (Å²) in [6.45, 7) is 2.87. The number of carbonyl (C=O) groups is 1. The predicted octanol–water partition coefficient (Wildman–Crippen LogP) is 2.90. The zero-order valence-corrected chi connectivity index (χ0v) is 9.95. The van der Waals surface area contributed by atoms with Gasteiger partial charge < -0.3 is 10.4 Å². The molecule has 1 atom stereocenters. The second-order valence-corrected chi connectivity index (χ2v) is 4.60. The summed E-state index contributed by atoms with van der Waals surface area (Å²) in [5.41, 5.74) is 0.296. The molecule has 0 aliphatic carbocycles. The number of aromatic nitrogens is 1. The molecule has 0 bridgehead atoms. The Morgan fingerprint density at radius 2 is 2.18 bits per heavy atom. The fourth-order valence-corrected chi connectivity index (χ4v) is 2.18. The van der Waals surface area contributed by atoms with E-state index < -0.39 is 24.6 Å². The maximum absolute atomic E-state index is 12.1. The van der Waals surface area contributed by atoms with Crippen LogP contribution in [-0.2, 0) is 0 Å². The fourth-order valence-electron chi connectivity index (χ4n) is 1.27. The van der Waals surface area contributed by atoms with Crippen molar-refractivity contribution in [2.45, 2.75) is 32.5 Å². The highest BCUT2D eigenvalue weighted by atomic mass is 32.1. The van der Waals surface area contributed by atoms with Gasteiger partial charge in [-0.25, -0.2) is 9.78 Å². The van der Waals surface area contributed by atoms with Gasteiger partial charge >= 0.3 is 12.1 Å². The van der Waals surface area contributed by atoms with Gasteiger partial charge in [-0.3, -0.25) is 0 Å². The fraction of sp³-hybridized carbons (Fsp3) is 0.556. The van der Waals surface area contributed by atoms with E-state index >= 15 is 0 Å². The molecule has 0 aliphatic rings. The Kier molecular flexibility index (Phi) is 3.97. The highest BCUT2D eigenvalue weighted by Gasteiger charge is 2.30. The third-order valence-corrected chi connectivity index (χ3v) is 2.97. The van der Waals surface area contributed by atoms with E-state index in [1.54, 1.807) is 0 Å². The van der Waals surface area contributed by atoms with Crippen LogP contribution in [0.3, 0.4) is 0 Å². The summed E-state index contributed by atoms with van der Waals surface area (Å²) in [5.74, 6) is -1.13. The first-order valence-corrected chi connectivity index (χ1v) is 5.54. The third-order valence-electron chi connectivity index (χ3n) is 1.90. The number of aryl methyl sites for hydroxylation is 1. The normalized spacial score (nSPS) is 13.5. The van der Waals surface area contributed by atoms with Crippen molar-refractivity contribution in [1.29, 1.82) is 0 Å². The van der Waals surface area contributed by atoms with Crippen LogP contribution in [-0.4, -0.2) is 28.3 Å². The van der Waals surface area contributed by atoms with E-state index in [1.807, 2.05) is 0 Å². The van der Waals surface area contributed by atoms with Gasteiger partial charge in [0.25, 0.3) is 0 Å². The van der Waals surface area contributed by atoms with Crippen molar-refractivity contribution < 1.29 is 23.1 Å². The second kappa shape index (κ2) is 4.91. The lowest BCUT2D eigenvalue weighted by Gasteiger charge is -2.14. The summed E-state index contributed by atoms with van der Waals surface area (Å²) in [4.78, 5) is 14.6. The van der Waals surface area contributed by atoms with Crippen LogP contribution in [0.2, 0.25) is 0 Å². The van der Waals surface area contributed by atoms with Crippen LogP contribution in [0.15, 0.2) is 0 Å². The average molecular weight is 268 g/mol. The van der Waals surface area contributed by atoms with E-state index in [-0.39, 0.29) is 10.0 Å². The van der Waals surface area contributed by atoms with Crippen LogP contribution in [0.25, 0.3) is 0 Å². The van der Waals surface area contributed by atoms with Crippen molar-refractivity contribution >= 4 is 22.4 Å². The predicted molar refractivity (Wildman–Crippen MR) is 57.6 cm³/mol. The molecule has 0 radical (unpaired) electrons. The number of halogens is 3. The highest BCUT2D eigenvalue weighted by molar-refractivity contribution is 7.17. The van der Waals surface area contributed by atoms with E-state index in [2.05, 4.69) is 10.3 Å². The zero-order chi connectivity index (χ0) is 13.2. The van der Waals surface area contributed by atoms with Gasteiger partial charge in [-0.15, -0.1) is 0 Å². The first-order valence-electron chi connectivity index (χ1n) is 4.73. The number of nitrogens with one attached hydrogen (secondary N) is 1. The van der Waals surface area contributed by atoms with Crippen LogP contribution < -0.4 is 5.32 Å². The molecule has 0 aliphatic heterocycles. The minimum atomic E-state index is -4.26. The Hall–Kier alpha value is -1.31. The smallest absolute Gasteiger partial charge is 0.391 e. The van der Waals surface area contributed by atoms with Crippen molar-refractivity contribution in [2.24, 2.45) is 0 Å². The largest absolute Gasteiger partial charge is 0.477 e. The van der Waals surface area contributed by atoms with Gasteiger partial charge in [0.1, 0.15) is 4.88 Å². The Morgan fingerprint density at radius 1 is 1.59 bits per heavy atom. The van der Waals surface area contributed by atoms with Crippen LogP contribution in [0, 0.1) is 6.92 Å². The van der Waals surface area contributed by atoms with Gasteiger partial charge in [0, 0.05) is 6.04 Å². The van der Waals surface area contributed by atoms with Gasteiger partial charge in [0.15, 0.2) is 5.13 Å². The van der Waals surface area contributed by atoms with E-state index in [0.717, 1.165) is 11.3 Å². The summed E-state index contributed by atoms with van der Waals surface area (Å²) < 4.78 is 36.2. The molecule has 0 aromatic carbocycles. The quantitative estimate of drug-likeness (QED) is 0.881. The first kappa shape index (κ1) is 13.8. The van der Waals surface area contributed by atoms with Gasteiger partial charge in [0.2, 0.25) is 0 Å². The summed E-state index contributed by atoms with van der Waals surface area (Å²) in [7, 11) is 0. The van der Waals surface area contributed by atoms with Gasteiger partial charge in [-0.05, 0) is 13.8 Å². The lowest BCUT2D eigenvalue weighted by molar-refractivity contribution is -0.136. The molecule has 8 heteroatoms. The number of carboxylic acids is 1. The molecule has 2 N–H and O–H groups in total. The SMILES string of the molecule is Cc1nc(NC(C)CC(F)(F)F)sc1C(=O)O. The van der Waals surface area contributed by atoms with Crippen LogP contribution in [0.1, 0.15) is 28.7 Å². The molecule has 1 heterocycles. The topological polar surface area (TPSA) is 62.2 Å². The molecule has 0 amide bonds. The number of aromatic carboxylic acids is 1. The number of thiazole rings is 1. The standard InChI is InChI=1S/C9H11F3N2O2S/c1-4(3-9(10,11)12)13-8-14-5(2)6(17-8)7(15)16/h4H,3H2,1-2H3,(H,13,14)(H,15,16). The molecule has 0 saturated carbocycles. The van der Waals surface area contributed by atoms with Crippen molar-refractivity contribution in [3.63, 3.8) is 0 Å². The van der Waals surface area contributed by atoms with Crippen molar-refractivity contribution in [3.8, 4) is 0 Å². The van der Waals surface area contributed by atoms with E-state index in [0.29, 0.717) is 5.69 Å². The zero-order valence-electron chi connectivity index (χ0n) is 9.13. The number of hydrogen-bond donors (Lipinski definition) is 2. The van der Waals surface area contributed by atoms with Crippen LogP contribution >= 0.6 is 11.3 Å². The molecular weight excluding hydrogens is 257 g/mol. The van der Waals surface area contributed by atoms with Crippen molar-refractivity contribution in [2.75, 3.05) is 5.32 Å². The molecule has 0 saturated heterocycles. The maximum atomic E-state index is 12.1. The highest BCUT2D eigenvalue weighted by Crippen LogP contribution is 2.26. The summed E-state index contributed by atoms with van der Waals surface area (Å²) in [6.07, 6.45) is -5.25. The Bertz CT molecular complexity index is 417. The Labute approximate surface area is 99.5 Å². The van der Waals surface area contributed by atoms with Crippen molar-refractivity contribution in [1.82, 2.24) is 4.98 Å². The van der Waals surface area contributed by atoms with Gasteiger partial charge in [0.05, 0.1) is 12.1 Å².